The van der Waals surface area contributed by atoms with Crippen LogP contribution in [0.2, 0.25) is 19.6 Å². The average molecular weight is 201 g/mol. The van der Waals surface area contributed by atoms with Crippen molar-refractivity contribution in [2.75, 3.05) is 5.88 Å². The van der Waals surface area contributed by atoms with Crippen molar-refractivity contribution in [2.24, 2.45) is 0 Å². The van der Waals surface area contributed by atoms with E-state index in [2.05, 4.69) is 37.2 Å². The van der Waals surface area contributed by atoms with Crippen LogP contribution >= 0.6 is 11.6 Å². The molecule has 0 rings (SSSR count). The molecule has 2 heteroatoms. The summed E-state index contributed by atoms with van der Waals surface area (Å²) in [7, 11) is -1.16. The molecule has 0 saturated heterocycles. The maximum absolute atomic E-state index is 5.52. The smallest absolute Gasteiger partial charge is 0.127 e. The van der Waals surface area contributed by atoms with Gasteiger partial charge in [-0.3, -0.25) is 0 Å². The van der Waals surface area contributed by atoms with E-state index in [1.807, 2.05) is 6.08 Å². The fourth-order valence-electron chi connectivity index (χ4n) is 0.595. The lowest BCUT2D eigenvalue weighted by Crippen LogP contribution is -2.16. The average Bonchev–Trinajstić information content (AvgIpc) is 1.94. The molecule has 0 amide bonds. The molecule has 0 bridgehead atoms. The molecule has 0 fully saturated rings. The molecule has 12 heavy (non-hydrogen) atoms. The fraction of sp³-hybridized carbons (Fsp3) is 0.600. The molecule has 0 unspecified atom stereocenters. The fourth-order valence-corrected chi connectivity index (χ4v) is 1.27. The van der Waals surface area contributed by atoms with E-state index in [1.54, 1.807) is 0 Å². The summed E-state index contributed by atoms with van der Waals surface area (Å²) in [6.45, 7) is 6.73. The van der Waals surface area contributed by atoms with Gasteiger partial charge in [0.05, 0.1) is 0 Å². The second-order valence-electron chi connectivity index (χ2n) is 3.75. The highest BCUT2D eigenvalue weighted by Crippen LogP contribution is 1.96. The van der Waals surface area contributed by atoms with E-state index in [9.17, 15) is 0 Å². The van der Waals surface area contributed by atoms with Crippen molar-refractivity contribution in [1.82, 2.24) is 0 Å². The molecule has 68 valence electrons. The SMILES string of the molecule is C[Si](C)(C)C#C/C=C/CCCCl. The molecule has 0 saturated carbocycles. The number of hydrogen-bond donors (Lipinski definition) is 0. The molecule has 0 atom stereocenters. The Morgan fingerprint density at radius 1 is 1.33 bits per heavy atom. The van der Waals surface area contributed by atoms with Gasteiger partial charge in [0.1, 0.15) is 8.07 Å². The van der Waals surface area contributed by atoms with Crippen LogP contribution in [0, 0.1) is 11.5 Å². The zero-order valence-corrected chi connectivity index (χ0v) is 9.91. The molecule has 0 aromatic carbocycles. The molecule has 0 aromatic rings. The highest BCUT2D eigenvalue weighted by Gasteiger charge is 2.06. The summed E-state index contributed by atoms with van der Waals surface area (Å²) in [6.07, 6.45) is 6.14. The lowest BCUT2D eigenvalue weighted by Gasteiger charge is -2.01. The van der Waals surface area contributed by atoms with Gasteiger partial charge in [0.15, 0.2) is 0 Å². The summed E-state index contributed by atoms with van der Waals surface area (Å²) < 4.78 is 0. The molecule has 0 N–H and O–H groups in total. The second kappa shape index (κ2) is 6.34. The minimum atomic E-state index is -1.16. The van der Waals surface area contributed by atoms with Crippen LogP contribution in [-0.4, -0.2) is 14.0 Å². The van der Waals surface area contributed by atoms with Gasteiger partial charge in [0, 0.05) is 5.88 Å². The van der Waals surface area contributed by atoms with E-state index in [1.165, 1.54) is 0 Å². The normalized spacial score (nSPS) is 11.3. The minimum Gasteiger partial charge on any atom is -0.127 e. The first-order valence-electron chi connectivity index (χ1n) is 4.30. The van der Waals surface area contributed by atoms with Gasteiger partial charge < -0.3 is 0 Å². The number of rotatable bonds is 3. The molecule has 0 nitrogen and oxygen atoms in total. The molecule has 0 aliphatic rings. The van der Waals surface area contributed by atoms with Crippen molar-refractivity contribution in [3.63, 3.8) is 0 Å². The molecule has 0 aliphatic heterocycles. The zero-order valence-electron chi connectivity index (χ0n) is 8.15. The van der Waals surface area contributed by atoms with Crippen LogP contribution in [0.5, 0.6) is 0 Å². The molecule has 0 heterocycles. The van der Waals surface area contributed by atoms with Crippen LogP contribution in [0.15, 0.2) is 12.2 Å². The van der Waals surface area contributed by atoms with E-state index >= 15 is 0 Å². The summed E-state index contributed by atoms with van der Waals surface area (Å²) >= 11 is 5.52. The summed E-state index contributed by atoms with van der Waals surface area (Å²) in [5, 5.41) is 0. The Labute approximate surface area is 82.0 Å². The topological polar surface area (TPSA) is 0 Å². The van der Waals surface area contributed by atoms with Crippen molar-refractivity contribution in [1.29, 1.82) is 0 Å². The van der Waals surface area contributed by atoms with Crippen LogP contribution < -0.4 is 0 Å². The van der Waals surface area contributed by atoms with E-state index < -0.39 is 8.07 Å². The second-order valence-corrected chi connectivity index (χ2v) is 8.88. The van der Waals surface area contributed by atoms with Gasteiger partial charge in [0.25, 0.3) is 0 Å². The Morgan fingerprint density at radius 3 is 2.50 bits per heavy atom. The summed E-state index contributed by atoms with van der Waals surface area (Å²) in [5.41, 5.74) is 3.27. The minimum absolute atomic E-state index is 0.742. The van der Waals surface area contributed by atoms with Crippen molar-refractivity contribution >= 4 is 19.7 Å². The largest absolute Gasteiger partial charge is 0.129 e. The van der Waals surface area contributed by atoms with Gasteiger partial charge in [-0.05, 0) is 18.9 Å². The maximum atomic E-state index is 5.52. The first-order valence-corrected chi connectivity index (χ1v) is 8.33. The van der Waals surface area contributed by atoms with Crippen molar-refractivity contribution in [3.8, 4) is 11.5 Å². The van der Waals surface area contributed by atoms with Gasteiger partial charge in [-0.25, -0.2) is 0 Å². The monoisotopic (exact) mass is 200 g/mol. The summed E-state index contributed by atoms with van der Waals surface area (Å²) in [6, 6.07) is 0. The van der Waals surface area contributed by atoms with Crippen LogP contribution in [0.4, 0.5) is 0 Å². The molecule has 0 spiro atoms. The van der Waals surface area contributed by atoms with Crippen LogP contribution in [0.25, 0.3) is 0 Å². The highest BCUT2D eigenvalue weighted by atomic mass is 35.5. The highest BCUT2D eigenvalue weighted by molar-refractivity contribution is 6.83. The lowest BCUT2D eigenvalue weighted by molar-refractivity contribution is 0.967. The third-order valence-electron chi connectivity index (χ3n) is 1.15. The van der Waals surface area contributed by atoms with Crippen molar-refractivity contribution in [3.05, 3.63) is 12.2 Å². The summed E-state index contributed by atoms with van der Waals surface area (Å²) in [5.74, 6) is 3.81. The van der Waals surface area contributed by atoms with Crippen molar-refractivity contribution in [2.45, 2.75) is 32.5 Å². The lowest BCUT2D eigenvalue weighted by atomic mass is 10.3. The first-order chi connectivity index (χ1) is 5.56. The van der Waals surface area contributed by atoms with Crippen LogP contribution in [-0.2, 0) is 0 Å². The van der Waals surface area contributed by atoms with E-state index in [4.69, 9.17) is 11.6 Å². The molecule has 0 radical (unpaired) electrons. The number of unbranched alkanes of at least 4 members (excludes halogenated alkanes) is 1. The van der Waals surface area contributed by atoms with Gasteiger partial charge in [-0.2, -0.15) is 0 Å². The van der Waals surface area contributed by atoms with Gasteiger partial charge in [0.2, 0.25) is 0 Å². The Kier molecular flexibility index (Phi) is 6.23. The molecular weight excluding hydrogens is 184 g/mol. The Balaban J connectivity index is 3.63. The molecule has 0 aliphatic carbocycles. The molecule has 0 aromatic heterocycles. The Hall–Kier alpha value is -0.193. The maximum Gasteiger partial charge on any atom is 0.129 e. The predicted molar refractivity (Wildman–Crippen MR) is 60.2 cm³/mol. The Bertz CT molecular complexity index is 190. The van der Waals surface area contributed by atoms with E-state index in [-0.39, 0.29) is 0 Å². The summed E-state index contributed by atoms with van der Waals surface area (Å²) in [4.78, 5) is 0. The van der Waals surface area contributed by atoms with Gasteiger partial charge >= 0.3 is 0 Å². The Morgan fingerprint density at radius 2 is 2.00 bits per heavy atom. The van der Waals surface area contributed by atoms with Gasteiger partial charge in [-0.1, -0.05) is 31.6 Å². The first kappa shape index (κ1) is 11.8. The van der Waals surface area contributed by atoms with Gasteiger partial charge in [-0.15, -0.1) is 17.1 Å². The number of hydrogen-bond acceptors (Lipinski definition) is 0. The predicted octanol–water partition coefficient (Wildman–Crippen LogP) is 3.44. The van der Waals surface area contributed by atoms with E-state index in [0.29, 0.717) is 0 Å². The number of allylic oxidation sites excluding steroid dienone is 2. The number of halogens is 1. The number of alkyl halides is 1. The quantitative estimate of drug-likeness (QED) is 0.284. The molecular formula is C10H17ClSi. The van der Waals surface area contributed by atoms with Crippen LogP contribution in [0.1, 0.15) is 12.8 Å². The standard InChI is InChI=1S/C10H17ClSi/c1-12(2,3)10-8-6-4-5-7-9-11/h4,6H,5,7,9H2,1-3H3/b6-4+. The van der Waals surface area contributed by atoms with E-state index in [0.717, 1.165) is 18.7 Å². The zero-order chi connectivity index (χ0) is 9.45. The third-order valence-corrected chi connectivity index (χ3v) is 2.31. The van der Waals surface area contributed by atoms with Crippen LogP contribution in [0.3, 0.4) is 0 Å². The third kappa shape index (κ3) is 9.81. The van der Waals surface area contributed by atoms with Crippen molar-refractivity contribution < 1.29 is 0 Å².